The Morgan fingerprint density at radius 1 is 0.871 bits per heavy atom. The lowest BCUT2D eigenvalue weighted by Gasteiger charge is -2.16. The molecule has 0 saturated heterocycles. The van der Waals surface area contributed by atoms with Crippen molar-refractivity contribution in [1.82, 2.24) is 9.97 Å². The number of nitrogens with one attached hydrogen (secondary N) is 3. The molecular weight excluding hydrogens is 410 g/mol. The van der Waals surface area contributed by atoms with Gasteiger partial charge in [-0.25, -0.2) is 4.79 Å². The van der Waals surface area contributed by atoms with E-state index < -0.39 is 0 Å². The summed E-state index contributed by atoms with van der Waals surface area (Å²) in [5.41, 5.74) is 4.25. The molecule has 0 bridgehead atoms. The molecule has 0 aliphatic heterocycles. The molecule has 0 spiro atoms. The summed E-state index contributed by atoms with van der Waals surface area (Å²) in [5, 5.41) is 6.43. The van der Waals surface area contributed by atoms with Crippen molar-refractivity contribution >= 4 is 39.1 Å². The molecule has 0 fully saturated rings. The van der Waals surface area contributed by atoms with Crippen LogP contribution < -0.4 is 15.7 Å². The summed E-state index contributed by atoms with van der Waals surface area (Å²) in [4.78, 5) is 17.1. The number of fused-ring (bicyclic) bond motifs is 2. The topological polar surface area (TPSA) is 69.9 Å². The monoisotopic (exact) mass is 429 g/mol. The summed E-state index contributed by atoms with van der Waals surface area (Å²) in [6, 6.07) is 25.8. The molecule has 0 atom stereocenters. The van der Waals surface area contributed by atoms with Crippen LogP contribution in [0.1, 0.15) is 11.1 Å². The van der Waals surface area contributed by atoms with Gasteiger partial charge in [0, 0.05) is 28.4 Å². The van der Waals surface area contributed by atoms with Gasteiger partial charge in [-0.05, 0) is 41.1 Å². The molecule has 6 heteroatoms. The second-order valence-electron chi connectivity index (χ2n) is 7.34. The lowest BCUT2D eigenvalue weighted by atomic mass is 10.0. The Kier molecular flexibility index (Phi) is 5.10. The van der Waals surface area contributed by atoms with Gasteiger partial charge in [-0.15, -0.1) is 0 Å². The van der Waals surface area contributed by atoms with Crippen LogP contribution in [0.25, 0.3) is 21.8 Å². The minimum Gasteiger partial charge on any atom is -0.488 e. The van der Waals surface area contributed by atoms with Crippen molar-refractivity contribution in [1.29, 1.82) is 0 Å². The molecule has 5 nitrogen and oxygen atoms in total. The van der Waals surface area contributed by atoms with Crippen molar-refractivity contribution in [2.75, 3.05) is 5.32 Å². The molecule has 0 radical (unpaired) electrons. The summed E-state index contributed by atoms with van der Waals surface area (Å²) in [6.07, 6.45) is 0. The second-order valence-corrected chi connectivity index (χ2v) is 7.74. The molecule has 4 aromatic carbocycles. The summed E-state index contributed by atoms with van der Waals surface area (Å²) < 4.78 is 6.20. The van der Waals surface area contributed by atoms with Crippen LogP contribution in [0.2, 0.25) is 5.02 Å². The SMILES string of the molecule is O=c1[nH]c2ccc(NCc3c(OCc4ccccc4Cl)ccc4ccccc34)cc2[nH]1. The van der Waals surface area contributed by atoms with Crippen molar-refractivity contribution < 1.29 is 4.74 Å². The van der Waals surface area contributed by atoms with Crippen molar-refractivity contribution in [3.63, 3.8) is 0 Å². The molecule has 154 valence electrons. The first kappa shape index (κ1) is 19.3. The molecule has 0 aliphatic carbocycles. The zero-order valence-corrected chi connectivity index (χ0v) is 17.4. The number of aromatic nitrogens is 2. The van der Waals surface area contributed by atoms with Crippen LogP contribution in [0, 0.1) is 0 Å². The van der Waals surface area contributed by atoms with Crippen LogP contribution in [-0.4, -0.2) is 9.97 Å². The fourth-order valence-electron chi connectivity index (χ4n) is 3.74. The predicted molar refractivity (Wildman–Crippen MR) is 126 cm³/mol. The molecule has 0 aliphatic rings. The molecular formula is C25H20ClN3O2. The summed E-state index contributed by atoms with van der Waals surface area (Å²) >= 11 is 6.30. The normalized spacial score (nSPS) is 11.1. The third-order valence-corrected chi connectivity index (χ3v) is 5.69. The first-order valence-corrected chi connectivity index (χ1v) is 10.4. The van der Waals surface area contributed by atoms with Crippen molar-refractivity contribution in [2.24, 2.45) is 0 Å². The quantitative estimate of drug-likeness (QED) is 0.317. The maximum absolute atomic E-state index is 11.5. The number of rotatable bonds is 6. The smallest absolute Gasteiger partial charge is 0.323 e. The third-order valence-electron chi connectivity index (χ3n) is 5.32. The average molecular weight is 430 g/mol. The van der Waals surface area contributed by atoms with Gasteiger partial charge < -0.3 is 20.0 Å². The number of anilines is 1. The van der Waals surface area contributed by atoms with E-state index in [1.54, 1.807) is 0 Å². The highest BCUT2D eigenvalue weighted by molar-refractivity contribution is 6.31. The second kappa shape index (κ2) is 8.20. The first-order chi connectivity index (χ1) is 15.2. The highest BCUT2D eigenvalue weighted by Gasteiger charge is 2.11. The summed E-state index contributed by atoms with van der Waals surface area (Å²) in [5.74, 6) is 0.808. The summed E-state index contributed by atoms with van der Waals surface area (Å²) in [6.45, 7) is 0.959. The van der Waals surface area contributed by atoms with Crippen molar-refractivity contribution in [3.8, 4) is 5.75 Å². The Labute approximate surface area is 183 Å². The third kappa shape index (κ3) is 4.00. The molecule has 5 rings (SSSR count). The Hall–Kier alpha value is -3.70. The van der Waals surface area contributed by atoms with E-state index in [-0.39, 0.29) is 5.69 Å². The van der Waals surface area contributed by atoms with Crippen LogP contribution in [0.5, 0.6) is 5.75 Å². The highest BCUT2D eigenvalue weighted by atomic mass is 35.5. The molecule has 1 heterocycles. The molecule has 1 aromatic heterocycles. The predicted octanol–water partition coefficient (Wildman–Crippen LogP) is 5.85. The van der Waals surface area contributed by atoms with Gasteiger partial charge in [-0.2, -0.15) is 0 Å². The molecule has 0 saturated carbocycles. The number of aromatic amines is 2. The Balaban J connectivity index is 1.45. The molecule has 0 amide bonds. The number of hydrogen-bond donors (Lipinski definition) is 3. The van der Waals surface area contributed by atoms with Gasteiger partial charge in [0.15, 0.2) is 0 Å². The van der Waals surface area contributed by atoms with E-state index in [2.05, 4.69) is 33.5 Å². The standard InChI is InChI=1S/C25H20ClN3O2/c26-21-8-4-2-6-17(21)15-31-24-12-9-16-5-1-3-7-19(16)20(24)14-27-18-10-11-22-23(13-18)29-25(30)28-22/h1-13,27H,14-15H2,(H2,28,29,30). The summed E-state index contributed by atoms with van der Waals surface area (Å²) in [7, 11) is 0. The van der Waals surface area contributed by atoms with Crippen molar-refractivity contribution in [3.05, 3.63) is 105 Å². The van der Waals surface area contributed by atoms with Crippen LogP contribution >= 0.6 is 11.6 Å². The number of hydrogen-bond acceptors (Lipinski definition) is 3. The number of halogens is 1. The van der Waals surface area contributed by atoms with E-state index in [0.29, 0.717) is 18.2 Å². The number of benzene rings is 4. The van der Waals surface area contributed by atoms with Gasteiger partial charge in [0.25, 0.3) is 0 Å². The highest BCUT2D eigenvalue weighted by Crippen LogP contribution is 2.30. The minimum atomic E-state index is -0.212. The van der Waals surface area contributed by atoms with Crippen molar-refractivity contribution in [2.45, 2.75) is 13.2 Å². The lowest BCUT2D eigenvalue weighted by molar-refractivity contribution is 0.304. The average Bonchev–Trinajstić information content (AvgIpc) is 3.16. The van der Waals surface area contributed by atoms with Gasteiger partial charge in [-0.1, -0.05) is 60.1 Å². The van der Waals surface area contributed by atoms with Gasteiger partial charge in [0.2, 0.25) is 0 Å². The molecule has 0 unspecified atom stereocenters. The van der Waals surface area contributed by atoms with E-state index in [1.807, 2.05) is 60.7 Å². The van der Waals surface area contributed by atoms with E-state index >= 15 is 0 Å². The van der Waals surface area contributed by atoms with Gasteiger partial charge >= 0.3 is 5.69 Å². The van der Waals surface area contributed by atoms with Crippen LogP contribution in [0.3, 0.4) is 0 Å². The largest absolute Gasteiger partial charge is 0.488 e. The van der Waals surface area contributed by atoms with Gasteiger partial charge in [-0.3, -0.25) is 0 Å². The van der Waals surface area contributed by atoms with E-state index in [4.69, 9.17) is 16.3 Å². The number of imidazole rings is 1. The Morgan fingerprint density at radius 2 is 1.68 bits per heavy atom. The zero-order valence-electron chi connectivity index (χ0n) is 16.6. The molecule has 5 aromatic rings. The van der Waals surface area contributed by atoms with Crippen LogP contribution in [0.4, 0.5) is 5.69 Å². The van der Waals surface area contributed by atoms with Gasteiger partial charge in [0.1, 0.15) is 12.4 Å². The minimum absolute atomic E-state index is 0.212. The van der Waals surface area contributed by atoms with Gasteiger partial charge in [0.05, 0.1) is 11.0 Å². The number of H-pyrrole nitrogens is 2. The maximum atomic E-state index is 11.5. The fourth-order valence-corrected chi connectivity index (χ4v) is 3.93. The maximum Gasteiger partial charge on any atom is 0.323 e. The lowest BCUT2D eigenvalue weighted by Crippen LogP contribution is -2.05. The zero-order chi connectivity index (χ0) is 21.2. The van der Waals surface area contributed by atoms with E-state index in [0.717, 1.165) is 44.4 Å². The first-order valence-electron chi connectivity index (χ1n) is 10.00. The van der Waals surface area contributed by atoms with Crippen LogP contribution in [0.15, 0.2) is 83.7 Å². The number of ether oxygens (including phenoxy) is 1. The van der Waals surface area contributed by atoms with Crippen LogP contribution in [-0.2, 0) is 13.2 Å². The molecule has 31 heavy (non-hydrogen) atoms. The molecule has 3 N–H and O–H groups in total. The van der Waals surface area contributed by atoms with E-state index in [1.165, 1.54) is 0 Å². The Morgan fingerprint density at radius 3 is 2.58 bits per heavy atom. The van der Waals surface area contributed by atoms with E-state index in [9.17, 15) is 4.79 Å². The fraction of sp³-hybridized carbons (Fsp3) is 0.0800. The Bertz CT molecular complexity index is 1440.